The minimum absolute atomic E-state index is 0.221. The molecule has 0 aliphatic carbocycles. The molecule has 14 heteroatoms. The zero-order chi connectivity index (χ0) is 26.7. The van der Waals surface area contributed by atoms with Gasteiger partial charge in [-0.2, -0.15) is 23.3 Å². The summed E-state index contributed by atoms with van der Waals surface area (Å²) in [6.45, 7) is 3.84. The molecule has 3 heterocycles. The number of aryl methyl sites for hydroxylation is 1. The summed E-state index contributed by atoms with van der Waals surface area (Å²) < 4.78 is 39.3. The van der Waals surface area contributed by atoms with Crippen molar-refractivity contribution in [3.05, 3.63) is 48.3 Å². The number of carboxylic acids is 1. The van der Waals surface area contributed by atoms with Crippen LogP contribution in [0.3, 0.4) is 0 Å². The van der Waals surface area contributed by atoms with Gasteiger partial charge in [-0.15, -0.1) is 0 Å². The van der Waals surface area contributed by atoms with Crippen LogP contribution in [-0.4, -0.2) is 69.1 Å². The van der Waals surface area contributed by atoms with Crippen LogP contribution in [0.25, 0.3) is 21.8 Å². The molecule has 2 aromatic carbocycles. The molecule has 0 atom stereocenters. The van der Waals surface area contributed by atoms with Crippen molar-refractivity contribution >= 4 is 39.4 Å². The molecule has 1 aliphatic rings. The Hall–Kier alpha value is -4.46. The number of rotatable bonds is 4. The van der Waals surface area contributed by atoms with E-state index in [-0.39, 0.29) is 11.7 Å². The van der Waals surface area contributed by atoms with Crippen LogP contribution in [0.4, 0.5) is 18.9 Å². The summed E-state index contributed by atoms with van der Waals surface area (Å²) in [5.41, 5.74) is 8.16. The van der Waals surface area contributed by atoms with Crippen LogP contribution >= 0.6 is 0 Å². The van der Waals surface area contributed by atoms with E-state index in [2.05, 4.69) is 31.3 Å². The Labute approximate surface area is 207 Å². The summed E-state index contributed by atoms with van der Waals surface area (Å²) in [5, 5.41) is 16.2. The fourth-order valence-electron chi connectivity index (χ4n) is 3.84. The van der Waals surface area contributed by atoms with Gasteiger partial charge in [0.05, 0.1) is 5.52 Å². The number of nitrogens with two attached hydrogens (primary N) is 1. The lowest BCUT2D eigenvalue weighted by Gasteiger charge is -2.29. The molecule has 37 heavy (non-hydrogen) atoms. The molecule has 0 bridgehead atoms. The lowest BCUT2D eigenvalue weighted by molar-refractivity contribution is -0.192. The number of carbonyl (C=O) groups is 2. The minimum atomic E-state index is -5.08. The zero-order valence-corrected chi connectivity index (χ0v) is 19.5. The number of nitrogens with one attached hydrogen (secondary N) is 1. The van der Waals surface area contributed by atoms with E-state index in [0.717, 1.165) is 37.3 Å². The Kier molecular flexibility index (Phi) is 7.11. The predicted molar refractivity (Wildman–Crippen MR) is 128 cm³/mol. The molecule has 2 aromatic heterocycles. The van der Waals surface area contributed by atoms with E-state index in [1.54, 1.807) is 17.9 Å². The fourth-order valence-corrected chi connectivity index (χ4v) is 3.84. The molecule has 1 aliphatic heterocycles. The van der Waals surface area contributed by atoms with Crippen molar-refractivity contribution < 1.29 is 32.6 Å². The van der Waals surface area contributed by atoms with Crippen molar-refractivity contribution in [2.45, 2.75) is 6.18 Å². The van der Waals surface area contributed by atoms with E-state index in [9.17, 15) is 18.0 Å². The minimum Gasteiger partial charge on any atom is -0.475 e. The molecule has 1 fully saturated rings. The number of amides is 1. The quantitative estimate of drug-likeness (QED) is 0.371. The van der Waals surface area contributed by atoms with Crippen LogP contribution in [0.1, 0.15) is 10.5 Å². The van der Waals surface area contributed by atoms with Gasteiger partial charge >= 0.3 is 18.2 Å². The number of aliphatic carboxylic acids is 1. The highest BCUT2D eigenvalue weighted by molar-refractivity contribution is 6.11. The second-order valence-corrected chi connectivity index (χ2v) is 8.03. The van der Waals surface area contributed by atoms with Crippen LogP contribution in [0.5, 0.6) is 11.8 Å². The summed E-state index contributed by atoms with van der Waals surface area (Å²) in [6.07, 6.45) is -3.38. The third-order valence-corrected chi connectivity index (χ3v) is 5.52. The van der Waals surface area contributed by atoms with Gasteiger partial charge in [0.15, 0.2) is 5.69 Å². The first-order valence-electron chi connectivity index (χ1n) is 11.0. The average Bonchev–Trinajstić information content (AvgIpc) is 3.22. The molecular formula is C23H22F3N7O4. The van der Waals surface area contributed by atoms with Gasteiger partial charge in [-0.3, -0.25) is 9.48 Å². The highest BCUT2D eigenvalue weighted by Gasteiger charge is 2.38. The third-order valence-electron chi connectivity index (χ3n) is 5.52. The molecule has 0 saturated carbocycles. The number of hydrogen-bond donors (Lipinski definition) is 3. The molecule has 1 amide bonds. The number of anilines is 1. The lowest BCUT2D eigenvalue weighted by atomic mass is 10.1. The van der Waals surface area contributed by atoms with Crippen molar-refractivity contribution in [2.24, 2.45) is 12.8 Å². The average molecular weight is 517 g/mol. The van der Waals surface area contributed by atoms with Gasteiger partial charge in [-0.05, 0) is 18.2 Å². The number of hydrogen-bond acceptors (Lipinski definition) is 8. The first-order chi connectivity index (χ1) is 17.5. The topological polar surface area (TPSA) is 148 Å². The molecule has 4 N–H and O–H groups in total. The Morgan fingerprint density at radius 1 is 1.16 bits per heavy atom. The molecule has 0 unspecified atom stereocenters. The highest BCUT2D eigenvalue weighted by Crippen LogP contribution is 2.29. The standard InChI is InChI=1S/C21H21N7O2.C2HF3O2/c1-27-19-16(18(26-27)20(22)29)6-5-13-12-24-21(25-17(13)19)30-15-4-2-3-14(11-15)28-9-7-23-8-10-28;3-2(4,5)1(6)7/h2-6,11-12,23H,7-10H2,1H3,(H2,22,29);(H,6,7). The summed E-state index contributed by atoms with van der Waals surface area (Å²) in [5.74, 6) is -2.66. The molecule has 0 radical (unpaired) electrons. The third kappa shape index (κ3) is 5.69. The number of alkyl halides is 3. The Balaban J connectivity index is 0.000000405. The normalized spacial score (nSPS) is 13.8. The number of aromatic nitrogens is 4. The largest absolute Gasteiger partial charge is 0.490 e. The Morgan fingerprint density at radius 2 is 1.86 bits per heavy atom. The van der Waals surface area contributed by atoms with Gasteiger partial charge in [0.1, 0.15) is 11.3 Å². The maximum Gasteiger partial charge on any atom is 0.490 e. The second kappa shape index (κ2) is 10.3. The van der Waals surface area contributed by atoms with Crippen LogP contribution < -0.4 is 20.7 Å². The Bertz CT molecular complexity index is 1470. The van der Waals surface area contributed by atoms with E-state index in [1.807, 2.05) is 30.3 Å². The summed E-state index contributed by atoms with van der Waals surface area (Å²) in [6, 6.07) is 11.8. The first kappa shape index (κ1) is 25.6. The predicted octanol–water partition coefficient (Wildman–Crippen LogP) is 2.45. The number of carbonyl (C=O) groups excluding carboxylic acids is 1. The summed E-state index contributed by atoms with van der Waals surface area (Å²) in [4.78, 5) is 31.9. The van der Waals surface area contributed by atoms with E-state index in [1.165, 1.54) is 0 Å². The maximum absolute atomic E-state index is 11.7. The molecule has 4 aromatic rings. The molecule has 5 rings (SSSR count). The van der Waals surface area contributed by atoms with E-state index < -0.39 is 18.1 Å². The molecule has 1 saturated heterocycles. The molecule has 194 valence electrons. The number of piperazine rings is 1. The van der Waals surface area contributed by atoms with Gasteiger partial charge in [0.2, 0.25) is 0 Å². The number of benzene rings is 2. The first-order valence-corrected chi connectivity index (χ1v) is 11.0. The highest BCUT2D eigenvalue weighted by atomic mass is 19.4. The van der Waals surface area contributed by atoms with Crippen molar-refractivity contribution in [2.75, 3.05) is 31.1 Å². The van der Waals surface area contributed by atoms with Gasteiger partial charge < -0.3 is 25.8 Å². The molecule has 0 spiro atoms. The van der Waals surface area contributed by atoms with Gasteiger partial charge in [0, 0.05) is 61.9 Å². The van der Waals surface area contributed by atoms with Crippen LogP contribution in [0, 0.1) is 0 Å². The number of halogens is 3. The smallest absolute Gasteiger partial charge is 0.475 e. The molecule has 11 nitrogen and oxygen atoms in total. The number of primary amides is 1. The van der Waals surface area contributed by atoms with Gasteiger partial charge in [-0.25, -0.2) is 9.78 Å². The SMILES string of the molecule is Cn1nc(C(N)=O)c2ccc3cnc(Oc4cccc(N5CCNCC5)c4)nc3c21.O=C(O)C(F)(F)F. The lowest BCUT2D eigenvalue weighted by Crippen LogP contribution is -2.43. The number of nitrogens with zero attached hydrogens (tertiary/aromatic N) is 5. The zero-order valence-electron chi connectivity index (χ0n) is 19.5. The van der Waals surface area contributed by atoms with E-state index in [0.29, 0.717) is 22.2 Å². The number of fused-ring (bicyclic) bond motifs is 3. The van der Waals surface area contributed by atoms with Crippen molar-refractivity contribution in [3.8, 4) is 11.8 Å². The Morgan fingerprint density at radius 3 is 2.51 bits per heavy atom. The van der Waals surface area contributed by atoms with Crippen molar-refractivity contribution in [3.63, 3.8) is 0 Å². The van der Waals surface area contributed by atoms with Crippen molar-refractivity contribution in [1.29, 1.82) is 0 Å². The fraction of sp³-hybridized carbons (Fsp3) is 0.261. The van der Waals surface area contributed by atoms with Crippen LogP contribution in [-0.2, 0) is 11.8 Å². The second-order valence-electron chi connectivity index (χ2n) is 8.03. The van der Waals surface area contributed by atoms with Crippen molar-refractivity contribution in [1.82, 2.24) is 25.1 Å². The van der Waals surface area contributed by atoms with Gasteiger partial charge in [-0.1, -0.05) is 12.1 Å². The number of ether oxygens (including phenoxy) is 1. The monoisotopic (exact) mass is 517 g/mol. The molecular weight excluding hydrogens is 495 g/mol. The van der Waals surface area contributed by atoms with Crippen LogP contribution in [0.2, 0.25) is 0 Å². The summed E-state index contributed by atoms with van der Waals surface area (Å²) in [7, 11) is 1.76. The van der Waals surface area contributed by atoms with E-state index in [4.69, 9.17) is 20.4 Å². The van der Waals surface area contributed by atoms with E-state index >= 15 is 0 Å². The maximum atomic E-state index is 11.7. The number of carboxylic acid groups (broad SMARTS) is 1. The summed E-state index contributed by atoms with van der Waals surface area (Å²) >= 11 is 0. The van der Waals surface area contributed by atoms with Gasteiger partial charge in [0.25, 0.3) is 5.91 Å². The van der Waals surface area contributed by atoms with Crippen LogP contribution in [0.15, 0.2) is 42.6 Å².